The zero-order valence-electron chi connectivity index (χ0n) is 10.6. The summed E-state index contributed by atoms with van der Waals surface area (Å²) in [5.41, 5.74) is 6.54. The zero-order chi connectivity index (χ0) is 14.7. The maximum Gasteiger partial charge on any atom is 0.171 e. The van der Waals surface area contributed by atoms with Gasteiger partial charge in [-0.1, -0.05) is 17.3 Å². The van der Waals surface area contributed by atoms with Crippen LogP contribution in [0.2, 0.25) is 0 Å². The molecule has 4 nitrogen and oxygen atoms in total. The fourth-order valence-electron chi connectivity index (χ4n) is 1.65. The molecule has 0 aliphatic heterocycles. The lowest BCUT2D eigenvalue weighted by Crippen LogP contribution is -2.13. The molecule has 0 spiro atoms. The van der Waals surface area contributed by atoms with Crippen molar-refractivity contribution in [2.45, 2.75) is 6.92 Å². The van der Waals surface area contributed by atoms with Gasteiger partial charge in [-0.15, -0.1) is 0 Å². The maximum absolute atomic E-state index is 13.8. The van der Waals surface area contributed by atoms with Crippen LogP contribution in [0.3, 0.4) is 0 Å². The van der Waals surface area contributed by atoms with E-state index in [9.17, 15) is 4.39 Å². The molecule has 0 amide bonds. The molecule has 6 heteroatoms. The van der Waals surface area contributed by atoms with Crippen molar-refractivity contribution >= 4 is 21.8 Å². The number of rotatable bonds is 3. The predicted octanol–water partition coefficient (Wildman–Crippen LogP) is 3.78. The van der Waals surface area contributed by atoms with E-state index in [0.29, 0.717) is 21.3 Å². The van der Waals surface area contributed by atoms with E-state index in [-0.39, 0.29) is 11.6 Å². The predicted molar refractivity (Wildman–Crippen MR) is 77.9 cm³/mol. The number of nitrogens with zero attached hydrogens (tertiary/aromatic N) is 1. The second-order valence-corrected chi connectivity index (χ2v) is 4.97. The Morgan fingerprint density at radius 3 is 2.75 bits per heavy atom. The van der Waals surface area contributed by atoms with Gasteiger partial charge in [0.15, 0.2) is 17.4 Å². The Hall–Kier alpha value is -2.08. The third-order valence-electron chi connectivity index (χ3n) is 2.71. The zero-order valence-corrected chi connectivity index (χ0v) is 12.2. The number of halogens is 2. The van der Waals surface area contributed by atoms with Crippen molar-refractivity contribution in [2.75, 3.05) is 0 Å². The summed E-state index contributed by atoms with van der Waals surface area (Å²) in [6.07, 6.45) is 0. The molecular weight excluding hydrogens is 327 g/mol. The third-order valence-corrected chi connectivity index (χ3v) is 3.36. The van der Waals surface area contributed by atoms with Crippen LogP contribution in [-0.2, 0) is 0 Å². The molecule has 0 saturated heterocycles. The quantitative estimate of drug-likeness (QED) is 0.387. The molecule has 104 valence electrons. The highest BCUT2D eigenvalue weighted by Crippen LogP contribution is 2.29. The number of hydrogen-bond acceptors (Lipinski definition) is 3. The van der Waals surface area contributed by atoms with Crippen LogP contribution in [0.25, 0.3) is 0 Å². The second-order valence-electron chi connectivity index (χ2n) is 4.12. The average Bonchev–Trinajstić information content (AvgIpc) is 2.43. The van der Waals surface area contributed by atoms with Gasteiger partial charge < -0.3 is 15.7 Å². The van der Waals surface area contributed by atoms with Crippen LogP contribution in [0.15, 0.2) is 46.0 Å². The van der Waals surface area contributed by atoms with Gasteiger partial charge >= 0.3 is 0 Å². The summed E-state index contributed by atoms with van der Waals surface area (Å²) in [5, 5.41) is 11.6. The summed E-state index contributed by atoms with van der Waals surface area (Å²) in [5.74, 6) is 0.165. The Bertz CT molecular complexity index is 674. The first-order valence-corrected chi connectivity index (χ1v) is 6.52. The first-order valence-electron chi connectivity index (χ1n) is 5.73. The Morgan fingerprint density at radius 2 is 2.10 bits per heavy atom. The average molecular weight is 339 g/mol. The summed E-state index contributed by atoms with van der Waals surface area (Å²) in [6.45, 7) is 1.67. The van der Waals surface area contributed by atoms with Gasteiger partial charge in [0.2, 0.25) is 0 Å². The molecule has 2 aromatic rings. The van der Waals surface area contributed by atoms with Gasteiger partial charge in [-0.2, -0.15) is 0 Å². The second kappa shape index (κ2) is 5.92. The minimum absolute atomic E-state index is 0.0230. The number of benzene rings is 2. The highest BCUT2D eigenvalue weighted by molar-refractivity contribution is 9.10. The molecule has 0 radical (unpaired) electrons. The molecular formula is C14H12BrFN2O2. The van der Waals surface area contributed by atoms with Gasteiger partial charge in [0.05, 0.1) is 0 Å². The van der Waals surface area contributed by atoms with Gasteiger partial charge in [-0.3, -0.25) is 0 Å². The first kappa shape index (κ1) is 14.3. The standard InChI is InChI=1S/C14H12BrFN2O2/c1-8-3-2-4-12(13(8)16)20-9-5-6-10(11(15)7-9)14(17)18-19/h2-7,19H,1H3,(H2,17,18). The Morgan fingerprint density at radius 1 is 1.35 bits per heavy atom. The number of aryl methyl sites for hydroxylation is 1. The molecule has 0 fully saturated rings. The number of amidine groups is 1. The third kappa shape index (κ3) is 2.91. The number of oxime groups is 1. The number of nitrogens with two attached hydrogens (primary N) is 1. The van der Waals surface area contributed by atoms with Gasteiger partial charge in [-0.05, 0) is 52.7 Å². The van der Waals surface area contributed by atoms with Crippen LogP contribution in [-0.4, -0.2) is 11.0 Å². The fourth-order valence-corrected chi connectivity index (χ4v) is 2.21. The Balaban J connectivity index is 2.31. The molecule has 2 rings (SSSR count). The van der Waals surface area contributed by atoms with E-state index >= 15 is 0 Å². The molecule has 0 aliphatic rings. The van der Waals surface area contributed by atoms with Crippen molar-refractivity contribution in [1.82, 2.24) is 0 Å². The summed E-state index contributed by atoms with van der Waals surface area (Å²) < 4.78 is 19.9. The lowest BCUT2D eigenvalue weighted by molar-refractivity contribution is 0.318. The van der Waals surface area contributed by atoms with Crippen LogP contribution in [0, 0.1) is 12.7 Å². The van der Waals surface area contributed by atoms with E-state index in [4.69, 9.17) is 15.7 Å². The van der Waals surface area contributed by atoms with Gasteiger partial charge in [0.25, 0.3) is 0 Å². The van der Waals surface area contributed by atoms with E-state index in [1.165, 1.54) is 0 Å². The minimum Gasteiger partial charge on any atom is -0.454 e. The highest BCUT2D eigenvalue weighted by Gasteiger charge is 2.10. The fraction of sp³-hybridized carbons (Fsp3) is 0.0714. The smallest absolute Gasteiger partial charge is 0.171 e. The maximum atomic E-state index is 13.8. The molecule has 20 heavy (non-hydrogen) atoms. The van der Waals surface area contributed by atoms with Crippen LogP contribution in [0.1, 0.15) is 11.1 Å². The van der Waals surface area contributed by atoms with Crippen LogP contribution in [0.5, 0.6) is 11.5 Å². The SMILES string of the molecule is Cc1cccc(Oc2ccc(/C(N)=N/O)c(Br)c2)c1F. The van der Waals surface area contributed by atoms with Crippen molar-refractivity contribution in [3.05, 3.63) is 57.8 Å². The molecule has 0 saturated carbocycles. The monoisotopic (exact) mass is 338 g/mol. The highest BCUT2D eigenvalue weighted by atomic mass is 79.9. The van der Waals surface area contributed by atoms with Crippen molar-refractivity contribution in [3.8, 4) is 11.5 Å². The van der Waals surface area contributed by atoms with E-state index < -0.39 is 5.82 Å². The van der Waals surface area contributed by atoms with Crippen LogP contribution < -0.4 is 10.5 Å². The van der Waals surface area contributed by atoms with Crippen molar-refractivity contribution in [3.63, 3.8) is 0 Å². The molecule has 0 unspecified atom stereocenters. The summed E-state index contributed by atoms with van der Waals surface area (Å²) >= 11 is 3.29. The lowest BCUT2D eigenvalue weighted by Gasteiger charge is -2.10. The van der Waals surface area contributed by atoms with Crippen molar-refractivity contribution in [1.29, 1.82) is 0 Å². The lowest BCUT2D eigenvalue weighted by atomic mass is 10.2. The van der Waals surface area contributed by atoms with Crippen LogP contribution in [0.4, 0.5) is 4.39 Å². The van der Waals surface area contributed by atoms with Crippen molar-refractivity contribution in [2.24, 2.45) is 10.9 Å². The summed E-state index contributed by atoms with van der Waals surface area (Å²) in [7, 11) is 0. The van der Waals surface area contributed by atoms with Crippen LogP contribution >= 0.6 is 15.9 Å². The van der Waals surface area contributed by atoms with Gasteiger partial charge in [-0.25, -0.2) is 4.39 Å². The molecule has 2 aromatic carbocycles. The number of hydrogen-bond donors (Lipinski definition) is 2. The largest absolute Gasteiger partial charge is 0.454 e. The topological polar surface area (TPSA) is 67.8 Å². The first-order chi connectivity index (χ1) is 9.52. The number of ether oxygens (including phenoxy) is 1. The Labute approximate surface area is 123 Å². The molecule has 0 bridgehead atoms. The van der Waals surface area contributed by atoms with Gasteiger partial charge in [0, 0.05) is 10.0 Å². The van der Waals surface area contributed by atoms with Crippen molar-refractivity contribution < 1.29 is 14.3 Å². The van der Waals surface area contributed by atoms with E-state index in [1.54, 1.807) is 43.3 Å². The molecule has 0 heterocycles. The molecule has 3 N–H and O–H groups in total. The molecule has 0 atom stereocenters. The summed E-state index contributed by atoms with van der Waals surface area (Å²) in [4.78, 5) is 0. The van der Waals surface area contributed by atoms with E-state index in [2.05, 4.69) is 21.1 Å². The van der Waals surface area contributed by atoms with E-state index in [1.807, 2.05) is 0 Å². The normalized spacial score (nSPS) is 11.4. The molecule has 0 aliphatic carbocycles. The van der Waals surface area contributed by atoms with Gasteiger partial charge in [0.1, 0.15) is 5.75 Å². The molecule has 0 aromatic heterocycles. The Kier molecular flexibility index (Phi) is 4.24. The van der Waals surface area contributed by atoms with E-state index in [0.717, 1.165) is 0 Å². The summed E-state index contributed by atoms with van der Waals surface area (Å²) in [6, 6.07) is 9.78. The minimum atomic E-state index is -0.399.